The van der Waals surface area contributed by atoms with E-state index in [4.69, 9.17) is 20.9 Å². The number of aromatic nitrogens is 2. The molecule has 0 radical (unpaired) electrons. The van der Waals surface area contributed by atoms with Crippen LogP contribution in [0, 0.1) is 0 Å². The van der Waals surface area contributed by atoms with E-state index in [2.05, 4.69) is 10.1 Å². The van der Waals surface area contributed by atoms with Crippen molar-refractivity contribution in [1.82, 2.24) is 14.4 Å². The van der Waals surface area contributed by atoms with Gasteiger partial charge in [-0.25, -0.2) is 8.42 Å². The first-order valence-electron chi connectivity index (χ1n) is 9.33. The average Bonchev–Trinajstić information content (AvgIpc) is 3.39. The highest BCUT2D eigenvalue weighted by atomic mass is 35.5. The van der Waals surface area contributed by atoms with Crippen LogP contribution < -0.4 is 4.74 Å². The number of halogens is 1. The number of sulfonamides is 1. The molecule has 2 heterocycles. The van der Waals surface area contributed by atoms with Gasteiger partial charge in [0.2, 0.25) is 21.7 Å². The van der Waals surface area contributed by atoms with Gasteiger partial charge in [0, 0.05) is 17.1 Å². The molecule has 0 spiro atoms. The van der Waals surface area contributed by atoms with Crippen molar-refractivity contribution in [2.24, 2.45) is 0 Å². The molecule has 1 saturated heterocycles. The number of hydrogen-bond donors (Lipinski definition) is 0. The average molecular weight is 434 g/mol. The van der Waals surface area contributed by atoms with E-state index in [-0.39, 0.29) is 4.90 Å². The van der Waals surface area contributed by atoms with Gasteiger partial charge in [-0.3, -0.25) is 0 Å². The van der Waals surface area contributed by atoms with Gasteiger partial charge < -0.3 is 9.26 Å². The SMILES string of the molecule is CCOc1ccc(S(=O)(=O)N2CCC[C@H]2c2nc(-c3ccc(Cl)cc3)no2)cc1. The summed E-state index contributed by atoms with van der Waals surface area (Å²) in [4.78, 5) is 4.65. The molecule has 1 fully saturated rings. The summed E-state index contributed by atoms with van der Waals surface area (Å²) in [6.45, 7) is 2.80. The normalized spacial score (nSPS) is 17.5. The van der Waals surface area contributed by atoms with Gasteiger partial charge in [-0.05, 0) is 68.3 Å². The van der Waals surface area contributed by atoms with Crippen LogP contribution in [0.25, 0.3) is 11.4 Å². The summed E-state index contributed by atoms with van der Waals surface area (Å²) in [5.74, 6) is 1.33. The van der Waals surface area contributed by atoms with Crippen LogP contribution in [0.1, 0.15) is 31.7 Å². The van der Waals surface area contributed by atoms with Gasteiger partial charge in [-0.15, -0.1) is 0 Å². The molecule has 1 atom stereocenters. The van der Waals surface area contributed by atoms with E-state index < -0.39 is 16.1 Å². The van der Waals surface area contributed by atoms with Gasteiger partial charge in [0.15, 0.2) is 0 Å². The largest absolute Gasteiger partial charge is 0.494 e. The zero-order valence-corrected chi connectivity index (χ0v) is 17.4. The minimum absolute atomic E-state index is 0.213. The predicted octanol–water partition coefficient (Wildman–Crippen LogP) is 4.31. The van der Waals surface area contributed by atoms with E-state index in [1.54, 1.807) is 48.5 Å². The van der Waals surface area contributed by atoms with Crippen molar-refractivity contribution in [1.29, 1.82) is 0 Å². The van der Waals surface area contributed by atoms with Crippen molar-refractivity contribution in [2.45, 2.75) is 30.7 Å². The number of benzene rings is 2. The molecule has 2 aromatic carbocycles. The maximum atomic E-state index is 13.2. The highest BCUT2D eigenvalue weighted by molar-refractivity contribution is 7.89. The molecule has 1 aromatic heterocycles. The molecule has 9 heteroatoms. The summed E-state index contributed by atoms with van der Waals surface area (Å²) >= 11 is 5.92. The fourth-order valence-corrected chi connectivity index (χ4v) is 5.15. The molecule has 29 heavy (non-hydrogen) atoms. The molecular weight excluding hydrogens is 414 g/mol. The minimum atomic E-state index is -3.70. The molecule has 7 nitrogen and oxygen atoms in total. The zero-order chi connectivity index (χ0) is 20.4. The second-order valence-corrected chi connectivity index (χ2v) is 8.97. The lowest BCUT2D eigenvalue weighted by atomic mass is 10.2. The van der Waals surface area contributed by atoms with E-state index in [1.165, 1.54) is 4.31 Å². The zero-order valence-electron chi connectivity index (χ0n) is 15.8. The maximum Gasteiger partial charge on any atom is 0.245 e. The van der Waals surface area contributed by atoms with Crippen molar-refractivity contribution < 1.29 is 17.7 Å². The molecular formula is C20H20ClN3O4S. The number of nitrogens with zero attached hydrogens (tertiary/aromatic N) is 3. The van der Waals surface area contributed by atoms with Crippen LogP contribution in [0.5, 0.6) is 5.75 Å². The lowest BCUT2D eigenvalue weighted by Crippen LogP contribution is -2.30. The summed E-state index contributed by atoms with van der Waals surface area (Å²) < 4.78 is 38.6. The Balaban J connectivity index is 1.59. The smallest absolute Gasteiger partial charge is 0.245 e. The monoisotopic (exact) mass is 433 g/mol. The van der Waals surface area contributed by atoms with E-state index in [9.17, 15) is 8.42 Å². The van der Waals surface area contributed by atoms with E-state index in [1.807, 2.05) is 6.92 Å². The Morgan fingerprint density at radius 2 is 1.90 bits per heavy atom. The van der Waals surface area contributed by atoms with Crippen LogP contribution in [0.4, 0.5) is 0 Å². The van der Waals surface area contributed by atoms with Crippen molar-refractivity contribution in [3.8, 4) is 17.1 Å². The van der Waals surface area contributed by atoms with Crippen LogP contribution >= 0.6 is 11.6 Å². The quantitative estimate of drug-likeness (QED) is 0.575. The van der Waals surface area contributed by atoms with Gasteiger partial charge in [0.1, 0.15) is 11.8 Å². The second kappa shape index (κ2) is 8.14. The molecule has 0 saturated carbocycles. The Bertz CT molecular complexity index is 1080. The van der Waals surface area contributed by atoms with Crippen molar-refractivity contribution in [2.75, 3.05) is 13.2 Å². The second-order valence-electron chi connectivity index (χ2n) is 6.64. The van der Waals surface area contributed by atoms with Crippen LogP contribution in [0.2, 0.25) is 5.02 Å². The summed E-state index contributed by atoms with van der Waals surface area (Å²) in [6.07, 6.45) is 1.35. The van der Waals surface area contributed by atoms with Gasteiger partial charge in [-0.1, -0.05) is 16.8 Å². The van der Waals surface area contributed by atoms with Crippen molar-refractivity contribution in [3.63, 3.8) is 0 Å². The molecule has 0 amide bonds. The Morgan fingerprint density at radius 1 is 1.17 bits per heavy atom. The number of rotatable bonds is 6. The highest BCUT2D eigenvalue weighted by Crippen LogP contribution is 2.36. The molecule has 0 aliphatic carbocycles. The Labute approximate surface area is 174 Å². The third-order valence-corrected chi connectivity index (χ3v) is 6.95. The molecule has 152 valence electrons. The molecule has 1 aliphatic heterocycles. The lowest BCUT2D eigenvalue weighted by molar-refractivity contribution is 0.290. The molecule has 0 N–H and O–H groups in total. The van der Waals surface area contributed by atoms with Crippen LogP contribution in [0.3, 0.4) is 0 Å². The fourth-order valence-electron chi connectivity index (χ4n) is 3.37. The van der Waals surface area contributed by atoms with E-state index in [0.717, 1.165) is 12.0 Å². The first-order valence-corrected chi connectivity index (χ1v) is 11.1. The number of ether oxygens (including phenoxy) is 1. The third kappa shape index (κ3) is 4.01. The maximum absolute atomic E-state index is 13.2. The fraction of sp³-hybridized carbons (Fsp3) is 0.300. The summed E-state index contributed by atoms with van der Waals surface area (Å²) in [6, 6.07) is 13.0. The Hall–Kier alpha value is -2.42. The molecule has 1 aliphatic rings. The van der Waals surface area contributed by atoms with Gasteiger partial charge in [0.25, 0.3) is 0 Å². The summed E-state index contributed by atoms with van der Waals surface area (Å²) in [7, 11) is -3.70. The Morgan fingerprint density at radius 3 is 2.59 bits per heavy atom. The van der Waals surface area contributed by atoms with Gasteiger partial charge >= 0.3 is 0 Å². The first kappa shape index (κ1) is 19.9. The minimum Gasteiger partial charge on any atom is -0.494 e. The molecule has 4 rings (SSSR count). The Kier molecular flexibility index (Phi) is 5.58. The third-order valence-electron chi connectivity index (χ3n) is 4.77. The molecule has 0 bridgehead atoms. The van der Waals surface area contributed by atoms with Crippen molar-refractivity contribution in [3.05, 3.63) is 59.4 Å². The van der Waals surface area contributed by atoms with Crippen LogP contribution in [0.15, 0.2) is 57.9 Å². The lowest BCUT2D eigenvalue weighted by Gasteiger charge is -2.21. The van der Waals surface area contributed by atoms with E-state index >= 15 is 0 Å². The van der Waals surface area contributed by atoms with Crippen LogP contribution in [-0.2, 0) is 10.0 Å². The molecule has 0 unspecified atom stereocenters. The standard InChI is InChI=1S/C20H20ClN3O4S/c1-2-27-16-9-11-17(12-10-16)29(25,26)24-13-3-4-18(24)20-22-19(23-28-20)14-5-7-15(21)8-6-14/h5-12,18H,2-4,13H2,1H3/t18-/m0/s1. The van der Waals surface area contributed by atoms with Crippen molar-refractivity contribution >= 4 is 21.6 Å². The first-order chi connectivity index (χ1) is 14.0. The van der Waals surface area contributed by atoms with E-state index in [0.29, 0.717) is 42.1 Å². The van der Waals surface area contributed by atoms with Crippen LogP contribution in [-0.4, -0.2) is 36.0 Å². The predicted molar refractivity (Wildman–Crippen MR) is 108 cm³/mol. The molecule has 3 aromatic rings. The highest BCUT2D eigenvalue weighted by Gasteiger charge is 2.39. The summed E-state index contributed by atoms with van der Waals surface area (Å²) in [5.41, 5.74) is 0.753. The van der Waals surface area contributed by atoms with Gasteiger partial charge in [0.05, 0.1) is 11.5 Å². The summed E-state index contributed by atoms with van der Waals surface area (Å²) in [5, 5.41) is 4.63. The number of hydrogen-bond acceptors (Lipinski definition) is 6. The topological polar surface area (TPSA) is 85.5 Å². The van der Waals surface area contributed by atoms with Gasteiger partial charge in [-0.2, -0.15) is 9.29 Å².